The molecular weight excluding hydrogens is 319 g/mol. The summed E-state index contributed by atoms with van der Waals surface area (Å²) in [6.07, 6.45) is 0.957. The maximum Gasteiger partial charge on any atom is 0.228 e. The third-order valence-electron chi connectivity index (χ3n) is 4.76. The highest BCUT2D eigenvalue weighted by molar-refractivity contribution is 5.80. The minimum Gasteiger partial charge on any atom is -0.493 e. The normalized spacial score (nSPS) is 15.3. The summed E-state index contributed by atoms with van der Waals surface area (Å²) in [6, 6.07) is 5.09. The zero-order valence-corrected chi connectivity index (χ0v) is 15.9. The number of ether oxygens (including phenoxy) is 1. The third kappa shape index (κ3) is 5.43. The van der Waals surface area contributed by atoms with E-state index < -0.39 is 0 Å². The zero-order valence-electron chi connectivity index (χ0n) is 15.9. The minimum absolute atomic E-state index is 0.0570. The van der Waals surface area contributed by atoms with Crippen molar-refractivity contribution in [3.05, 3.63) is 29.6 Å². The van der Waals surface area contributed by atoms with Crippen molar-refractivity contribution in [2.45, 2.75) is 40.7 Å². The summed E-state index contributed by atoms with van der Waals surface area (Å²) in [4.78, 5) is 16.2. The second-order valence-corrected chi connectivity index (χ2v) is 7.19. The Balaban J connectivity index is 1.81. The number of amides is 1. The van der Waals surface area contributed by atoms with Crippen LogP contribution >= 0.6 is 0 Å². The predicted octanol–water partition coefficient (Wildman–Crippen LogP) is 3.55. The fraction of sp³-hybridized carbons (Fsp3) is 0.650. The topological polar surface area (TPSA) is 32.8 Å². The average Bonchev–Trinajstić information content (AvgIpc) is 2.52. The van der Waals surface area contributed by atoms with Gasteiger partial charge in [0.1, 0.15) is 11.6 Å². The van der Waals surface area contributed by atoms with Crippen LogP contribution in [0.25, 0.3) is 0 Å². The van der Waals surface area contributed by atoms with E-state index in [-0.39, 0.29) is 17.6 Å². The molecule has 1 aromatic rings. The molecule has 0 spiro atoms. The first-order chi connectivity index (χ1) is 11.9. The van der Waals surface area contributed by atoms with Crippen molar-refractivity contribution in [3.63, 3.8) is 0 Å². The number of benzene rings is 1. The van der Waals surface area contributed by atoms with Crippen LogP contribution in [0.5, 0.6) is 5.75 Å². The van der Waals surface area contributed by atoms with Gasteiger partial charge in [-0.1, -0.05) is 19.9 Å². The molecule has 5 heteroatoms. The molecule has 0 saturated carbocycles. The van der Waals surface area contributed by atoms with Gasteiger partial charge in [0.25, 0.3) is 0 Å². The molecule has 25 heavy (non-hydrogen) atoms. The molecule has 0 bridgehead atoms. The second kappa shape index (κ2) is 9.18. The number of carbonyl (C=O) groups is 1. The molecule has 4 nitrogen and oxygen atoms in total. The van der Waals surface area contributed by atoms with Gasteiger partial charge in [-0.2, -0.15) is 0 Å². The molecule has 1 heterocycles. The summed E-state index contributed by atoms with van der Waals surface area (Å²) >= 11 is 0. The van der Waals surface area contributed by atoms with Crippen molar-refractivity contribution in [3.8, 4) is 5.75 Å². The standard InChI is InChI=1S/C20H31FN2O2/c1-5-23(6-2)20(24)17-13-22(14-17)12-16-7-8-18(11-19(16)21)25-10-9-15(3)4/h7-8,11,15,17H,5-6,9-10,12-14H2,1-4H3. The number of likely N-dealkylation sites (tertiary alicyclic amines) is 1. The van der Waals surface area contributed by atoms with Crippen LogP contribution in [0.1, 0.15) is 39.7 Å². The fourth-order valence-electron chi connectivity index (χ4n) is 3.05. The summed E-state index contributed by atoms with van der Waals surface area (Å²) in [7, 11) is 0. The van der Waals surface area contributed by atoms with Crippen molar-refractivity contribution >= 4 is 5.91 Å². The van der Waals surface area contributed by atoms with Crippen molar-refractivity contribution < 1.29 is 13.9 Å². The lowest BCUT2D eigenvalue weighted by Gasteiger charge is -2.40. The molecule has 140 valence electrons. The summed E-state index contributed by atoms with van der Waals surface area (Å²) in [5.74, 6) is 1.19. The van der Waals surface area contributed by atoms with Crippen LogP contribution in [0.3, 0.4) is 0 Å². The number of hydrogen-bond donors (Lipinski definition) is 0. The van der Waals surface area contributed by atoms with Crippen molar-refractivity contribution in [1.29, 1.82) is 0 Å². The summed E-state index contributed by atoms with van der Waals surface area (Å²) < 4.78 is 19.9. The van der Waals surface area contributed by atoms with E-state index in [0.29, 0.717) is 43.5 Å². The lowest BCUT2D eigenvalue weighted by Crippen LogP contribution is -2.54. The number of rotatable bonds is 9. The van der Waals surface area contributed by atoms with Gasteiger partial charge >= 0.3 is 0 Å². The van der Waals surface area contributed by atoms with E-state index >= 15 is 0 Å². The molecule has 0 aromatic heterocycles. The number of halogens is 1. The van der Waals surface area contributed by atoms with Gasteiger partial charge in [-0.3, -0.25) is 9.69 Å². The van der Waals surface area contributed by atoms with Crippen LogP contribution in [-0.2, 0) is 11.3 Å². The van der Waals surface area contributed by atoms with Crippen molar-refractivity contribution in [2.75, 3.05) is 32.8 Å². The Kier molecular flexibility index (Phi) is 7.24. The fourth-order valence-corrected chi connectivity index (χ4v) is 3.05. The molecule has 1 amide bonds. The van der Waals surface area contributed by atoms with Crippen LogP contribution < -0.4 is 4.74 Å². The highest BCUT2D eigenvalue weighted by Crippen LogP contribution is 2.24. The van der Waals surface area contributed by atoms with E-state index in [4.69, 9.17) is 4.74 Å². The monoisotopic (exact) mass is 350 g/mol. The van der Waals surface area contributed by atoms with Gasteiger partial charge in [0.15, 0.2) is 0 Å². The maximum absolute atomic E-state index is 14.3. The van der Waals surface area contributed by atoms with Gasteiger partial charge in [0.2, 0.25) is 5.91 Å². The van der Waals surface area contributed by atoms with E-state index in [1.165, 1.54) is 6.07 Å². The molecule has 1 fully saturated rings. The minimum atomic E-state index is -0.236. The van der Waals surface area contributed by atoms with E-state index in [9.17, 15) is 9.18 Å². The average molecular weight is 350 g/mol. The van der Waals surface area contributed by atoms with E-state index in [1.54, 1.807) is 6.07 Å². The summed E-state index contributed by atoms with van der Waals surface area (Å²) in [6.45, 7) is 12.3. The van der Waals surface area contributed by atoms with Crippen LogP contribution in [0.2, 0.25) is 0 Å². The Morgan fingerprint density at radius 1 is 1.32 bits per heavy atom. The lowest BCUT2D eigenvalue weighted by atomic mass is 9.97. The highest BCUT2D eigenvalue weighted by atomic mass is 19.1. The van der Waals surface area contributed by atoms with E-state index in [1.807, 2.05) is 24.8 Å². The van der Waals surface area contributed by atoms with Gasteiger partial charge in [-0.15, -0.1) is 0 Å². The molecule has 2 rings (SSSR count). The van der Waals surface area contributed by atoms with Gasteiger partial charge < -0.3 is 9.64 Å². The first kappa shape index (κ1) is 19.7. The molecule has 1 aliphatic rings. The molecule has 0 aliphatic carbocycles. The Morgan fingerprint density at radius 3 is 2.56 bits per heavy atom. The van der Waals surface area contributed by atoms with Crippen LogP contribution in [-0.4, -0.2) is 48.5 Å². The molecule has 0 unspecified atom stereocenters. The van der Waals surface area contributed by atoms with Gasteiger partial charge in [-0.05, 0) is 32.3 Å². The van der Waals surface area contributed by atoms with Gasteiger partial charge in [-0.25, -0.2) is 4.39 Å². The second-order valence-electron chi connectivity index (χ2n) is 7.19. The number of carbonyl (C=O) groups excluding carboxylic acids is 1. The summed E-state index contributed by atoms with van der Waals surface area (Å²) in [5.41, 5.74) is 0.657. The Labute approximate surface area is 150 Å². The van der Waals surface area contributed by atoms with E-state index in [2.05, 4.69) is 18.7 Å². The van der Waals surface area contributed by atoms with Crippen molar-refractivity contribution in [2.24, 2.45) is 11.8 Å². The van der Waals surface area contributed by atoms with Crippen LogP contribution in [0.15, 0.2) is 18.2 Å². The third-order valence-corrected chi connectivity index (χ3v) is 4.76. The smallest absolute Gasteiger partial charge is 0.228 e. The number of hydrogen-bond acceptors (Lipinski definition) is 3. The first-order valence-electron chi connectivity index (χ1n) is 9.36. The van der Waals surface area contributed by atoms with Gasteiger partial charge in [0.05, 0.1) is 12.5 Å². The van der Waals surface area contributed by atoms with Crippen LogP contribution in [0.4, 0.5) is 4.39 Å². The molecule has 0 radical (unpaired) electrons. The SMILES string of the molecule is CCN(CC)C(=O)C1CN(Cc2ccc(OCCC(C)C)cc2F)C1. The first-order valence-corrected chi connectivity index (χ1v) is 9.36. The Hall–Kier alpha value is -1.62. The predicted molar refractivity (Wildman–Crippen MR) is 98.0 cm³/mol. The molecular formula is C20H31FN2O2. The number of nitrogens with zero attached hydrogens (tertiary/aromatic N) is 2. The Bertz CT molecular complexity index is 567. The van der Waals surface area contributed by atoms with Gasteiger partial charge in [0, 0.05) is 44.4 Å². The maximum atomic E-state index is 14.3. The largest absolute Gasteiger partial charge is 0.493 e. The zero-order chi connectivity index (χ0) is 18.4. The van der Waals surface area contributed by atoms with E-state index in [0.717, 1.165) is 19.5 Å². The molecule has 1 saturated heterocycles. The summed E-state index contributed by atoms with van der Waals surface area (Å²) in [5, 5.41) is 0. The van der Waals surface area contributed by atoms with Crippen molar-refractivity contribution in [1.82, 2.24) is 9.80 Å². The molecule has 0 atom stereocenters. The molecule has 0 N–H and O–H groups in total. The molecule has 1 aromatic carbocycles. The Morgan fingerprint density at radius 2 is 2.00 bits per heavy atom. The van der Waals surface area contributed by atoms with Crippen LogP contribution in [0, 0.1) is 17.7 Å². The lowest BCUT2D eigenvalue weighted by molar-refractivity contribution is -0.141. The highest BCUT2D eigenvalue weighted by Gasteiger charge is 2.34. The quantitative estimate of drug-likeness (QED) is 0.683. The molecule has 1 aliphatic heterocycles.